The number of benzene rings is 1. The highest BCUT2D eigenvalue weighted by molar-refractivity contribution is 7.13. The summed E-state index contributed by atoms with van der Waals surface area (Å²) in [6.45, 7) is 0. The highest BCUT2D eigenvalue weighted by Crippen LogP contribution is 2.28. The molecule has 0 saturated carbocycles. The van der Waals surface area contributed by atoms with Crippen LogP contribution in [-0.4, -0.2) is 26.1 Å². The fraction of sp³-hybridized carbons (Fsp3) is 0.0769. The van der Waals surface area contributed by atoms with Gasteiger partial charge in [0.15, 0.2) is 0 Å². The van der Waals surface area contributed by atoms with E-state index in [0.29, 0.717) is 4.88 Å². The van der Waals surface area contributed by atoms with Crippen LogP contribution < -0.4 is 5.32 Å². The molecule has 0 saturated heterocycles. The molecule has 2 aromatic heterocycles. The number of carbonyl (C=O) groups excluding carboxylic acids is 1. The summed E-state index contributed by atoms with van der Waals surface area (Å²) < 4.78 is 37.3. The van der Waals surface area contributed by atoms with Gasteiger partial charge in [-0.2, -0.15) is 18.2 Å². The van der Waals surface area contributed by atoms with E-state index in [-0.39, 0.29) is 5.69 Å². The third-order valence-corrected chi connectivity index (χ3v) is 3.67. The van der Waals surface area contributed by atoms with Crippen molar-refractivity contribution in [2.75, 3.05) is 5.32 Å². The number of amides is 1. The SMILES string of the molecule is O=C(Nc1n[nH]c(C(F)(F)F)n1)c1ncsc1-c1ccccc1. The van der Waals surface area contributed by atoms with E-state index in [9.17, 15) is 18.0 Å². The van der Waals surface area contributed by atoms with E-state index in [1.165, 1.54) is 16.8 Å². The van der Waals surface area contributed by atoms with Crippen molar-refractivity contribution in [3.8, 4) is 10.4 Å². The zero-order valence-electron chi connectivity index (χ0n) is 11.3. The van der Waals surface area contributed by atoms with E-state index in [2.05, 4.69) is 20.4 Å². The average Bonchev–Trinajstić information content (AvgIpc) is 3.16. The monoisotopic (exact) mass is 339 g/mol. The number of rotatable bonds is 3. The molecule has 118 valence electrons. The molecule has 0 bridgehead atoms. The van der Waals surface area contributed by atoms with Crippen molar-refractivity contribution < 1.29 is 18.0 Å². The molecule has 0 radical (unpaired) electrons. The highest BCUT2D eigenvalue weighted by Gasteiger charge is 2.35. The summed E-state index contributed by atoms with van der Waals surface area (Å²) in [6.07, 6.45) is -4.66. The number of halogens is 3. The van der Waals surface area contributed by atoms with Crippen LogP contribution in [0, 0.1) is 0 Å². The summed E-state index contributed by atoms with van der Waals surface area (Å²) in [5, 5.41) is 7.25. The molecule has 0 unspecified atom stereocenters. The Hall–Kier alpha value is -2.75. The number of nitrogens with zero attached hydrogens (tertiary/aromatic N) is 3. The lowest BCUT2D eigenvalue weighted by Crippen LogP contribution is -2.14. The van der Waals surface area contributed by atoms with Gasteiger partial charge in [0.25, 0.3) is 5.91 Å². The minimum atomic E-state index is -4.66. The van der Waals surface area contributed by atoms with Crippen LogP contribution in [0.1, 0.15) is 16.3 Å². The molecule has 3 rings (SSSR count). The van der Waals surface area contributed by atoms with Gasteiger partial charge in [0.05, 0.1) is 10.4 Å². The number of aromatic amines is 1. The minimum Gasteiger partial charge on any atom is -0.288 e. The zero-order valence-corrected chi connectivity index (χ0v) is 12.1. The van der Waals surface area contributed by atoms with Gasteiger partial charge in [0.1, 0.15) is 5.69 Å². The number of aromatic nitrogens is 4. The van der Waals surface area contributed by atoms with E-state index in [1.54, 1.807) is 17.2 Å². The number of H-pyrrole nitrogens is 1. The molecule has 0 aliphatic rings. The molecule has 6 nitrogen and oxygen atoms in total. The maximum absolute atomic E-state index is 12.4. The van der Waals surface area contributed by atoms with Gasteiger partial charge in [-0.15, -0.1) is 16.4 Å². The third kappa shape index (κ3) is 3.21. The predicted octanol–water partition coefficient (Wildman–Crippen LogP) is 3.20. The van der Waals surface area contributed by atoms with Crippen LogP contribution in [0.4, 0.5) is 19.1 Å². The number of nitrogens with one attached hydrogen (secondary N) is 2. The van der Waals surface area contributed by atoms with Gasteiger partial charge in [-0.25, -0.2) is 4.98 Å². The first-order valence-electron chi connectivity index (χ1n) is 6.25. The van der Waals surface area contributed by atoms with Crippen LogP contribution in [-0.2, 0) is 6.18 Å². The summed E-state index contributed by atoms with van der Waals surface area (Å²) in [4.78, 5) is 19.9. The van der Waals surface area contributed by atoms with Crippen LogP contribution in [0.15, 0.2) is 35.8 Å². The molecule has 0 spiro atoms. The molecule has 3 aromatic rings. The number of anilines is 1. The lowest BCUT2D eigenvalue weighted by Gasteiger charge is -2.02. The lowest BCUT2D eigenvalue weighted by molar-refractivity contribution is -0.144. The van der Waals surface area contributed by atoms with E-state index >= 15 is 0 Å². The first-order chi connectivity index (χ1) is 10.9. The average molecular weight is 339 g/mol. The Morgan fingerprint density at radius 2 is 1.96 bits per heavy atom. The maximum Gasteiger partial charge on any atom is 0.451 e. The summed E-state index contributed by atoms with van der Waals surface area (Å²) in [7, 11) is 0. The van der Waals surface area contributed by atoms with Gasteiger partial charge in [-0.05, 0) is 5.56 Å². The second kappa shape index (κ2) is 5.80. The molecular weight excluding hydrogens is 331 g/mol. The van der Waals surface area contributed by atoms with Gasteiger partial charge < -0.3 is 0 Å². The number of thiazole rings is 1. The fourth-order valence-electron chi connectivity index (χ4n) is 1.81. The summed E-state index contributed by atoms with van der Waals surface area (Å²) >= 11 is 1.25. The maximum atomic E-state index is 12.4. The molecule has 2 N–H and O–H groups in total. The van der Waals surface area contributed by atoms with Gasteiger partial charge in [0, 0.05) is 0 Å². The summed E-state index contributed by atoms with van der Waals surface area (Å²) in [6, 6.07) is 9.05. The molecule has 0 atom stereocenters. The van der Waals surface area contributed by atoms with Crippen LogP contribution in [0.5, 0.6) is 0 Å². The Bertz CT molecular complexity index is 828. The van der Waals surface area contributed by atoms with Gasteiger partial charge >= 0.3 is 6.18 Å². The molecule has 1 amide bonds. The third-order valence-electron chi connectivity index (χ3n) is 2.80. The Morgan fingerprint density at radius 3 is 2.61 bits per heavy atom. The molecule has 0 aliphatic carbocycles. The van der Waals surface area contributed by atoms with E-state index in [0.717, 1.165) is 5.56 Å². The standard InChI is InChI=1S/C13H8F3N5OS/c14-13(15,16)11-19-12(21-20-11)18-10(22)8-9(23-6-17-8)7-4-2-1-3-5-7/h1-6H,(H2,18,19,20,21,22). The molecule has 23 heavy (non-hydrogen) atoms. The molecule has 1 aromatic carbocycles. The number of hydrogen-bond acceptors (Lipinski definition) is 5. The summed E-state index contributed by atoms with van der Waals surface area (Å²) in [5.74, 6) is -2.43. The fourth-order valence-corrected chi connectivity index (χ4v) is 2.60. The van der Waals surface area contributed by atoms with Crippen LogP contribution in [0.25, 0.3) is 10.4 Å². The van der Waals surface area contributed by atoms with E-state index < -0.39 is 23.9 Å². The second-order valence-electron chi connectivity index (χ2n) is 4.36. The predicted molar refractivity (Wildman–Crippen MR) is 76.9 cm³/mol. The molecule has 10 heteroatoms. The van der Waals surface area contributed by atoms with Crippen LogP contribution in [0.3, 0.4) is 0 Å². The second-order valence-corrected chi connectivity index (χ2v) is 5.21. The van der Waals surface area contributed by atoms with Crippen LogP contribution in [0.2, 0.25) is 0 Å². The van der Waals surface area contributed by atoms with Gasteiger partial charge in [0.2, 0.25) is 11.8 Å². The van der Waals surface area contributed by atoms with Gasteiger partial charge in [-0.3, -0.25) is 15.2 Å². The number of alkyl halides is 3. The Labute approximate surface area is 131 Å². The molecular formula is C13H8F3N5OS. The van der Waals surface area contributed by atoms with Crippen LogP contribution >= 0.6 is 11.3 Å². The largest absolute Gasteiger partial charge is 0.451 e. The van der Waals surface area contributed by atoms with Crippen molar-refractivity contribution in [1.82, 2.24) is 20.2 Å². The van der Waals surface area contributed by atoms with Gasteiger partial charge in [-0.1, -0.05) is 30.3 Å². The minimum absolute atomic E-state index is 0.0968. The van der Waals surface area contributed by atoms with Crippen molar-refractivity contribution in [2.24, 2.45) is 0 Å². The quantitative estimate of drug-likeness (QED) is 0.767. The smallest absolute Gasteiger partial charge is 0.288 e. The molecule has 0 aliphatic heterocycles. The first-order valence-corrected chi connectivity index (χ1v) is 7.13. The van der Waals surface area contributed by atoms with E-state index in [1.807, 2.05) is 18.2 Å². The zero-order chi connectivity index (χ0) is 16.4. The normalized spacial score (nSPS) is 11.4. The van der Waals surface area contributed by atoms with Crippen molar-refractivity contribution in [1.29, 1.82) is 0 Å². The van der Waals surface area contributed by atoms with Crippen molar-refractivity contribution >= 4 is 23.2 Å². The highest BCUT2D eigenvalue weighted by atomic mass is 32.1. The Kier molecular flexibility index (Phi) is 3.82. The Morgan fingerprint density at radius 1 is 1.22 bits per heavy atom. The van der Waals surface area contributed by atoms with Crippen molar-refractivity contribution in [2.45, 2.75) is 6.18 Å². The Balaban J connectivity index is 1.83. The first kappa shape index (κ1) is 15.2. The number of hydrogen-bond donors (Lipinski definition) is 2. The van der Waals surface area contributed by atoms with Crippen molar-refractivity contribution in [3.05, 3.63) is 47.4 Å². The summed E-state index contributed by atoms with van der Waals surface area (Å²) in [5.41, 5.74) is 2.36. The topological polar surface area (TPSA) is 83.6 Å². The van der Waals surface area contributed by atoms with Crippen molar-refractivity contribution in [3.63, 3.8) is 0 Å². The number of carbonyl (C=O) groups is 1. The molecule has 0 fully saturated rings. The lowest BCUT2D eigenvalue weighted by atomic mass is 10.1. The molecule has 2 heterocycles. The van der Waals surface area contributed by atoms with E-state index in [4.69, 9.17) is 0 Å².